The van der Waals surface area contributed by atoms with E-state index in [4.69, 9.17) is 0 Å². The van der Waals surface area contributed by atoms with Gasteiger partial charge in [0.1, 0.15) is 12.2 Å². The van der Waals surface area contributed by atoms with Crippen LogP contribution in [0.4, 0.5) is 4.79 Å². The monoisotopic (exact) mass is 360 g/mol. The Morgan fingerprint density at radius 2 is 2.20 bits per heavy atom. The van der Waals surface area contributed by atoms with Crippen molar-refractivity contribution in [2.24, 2.45) is 7.05 Å². The van der Waals surface area contributed by atoms with Crippen LogP contribution in [-0.4, -0.2) is 45.4 Å². The molecule has 108 valence electrons. The molecule has 9 heteroatoms. The van der Waals surface area contributed by atoms with Crippen LogP contribution >= 0.6 is 27.7 Å². The molecule has 0 aliphatic carbocycles. The number of thioether (sulfide) groups is 1. The zero-order valence-corrected chi connectivity index (χ0v) is 13.1. The minimum Gasteiger partial charge on any atom is -0.345 e. The quantitative estimate of drug-likeness (QED) is 0.778. The molecule has 2 heterocycles. The van der Waals surface area contributed by atoms with E-state index >= 15 is 0 Å². The fourth-order valence-corrected chi connectivity index (χ4v) is 3.07. The van der Waals surface area contributed by atoms with E-state index in [1.54, 1.807) is 23.9 Å². The number of hydrogen-bond acceptors (Lipinski definition) is 4. The second-order valence-corrected chi connectivity index (χ2v) is 6.15. The van der Waals surface area contributed by atoms with E-state index in [-0.39, 0.29) is 11.8 Å². The number of carbonyl (C=O) groups excluding carboxylic acids is 3. The van der Waals surface area contributed by atoms with Crippen LogP contribution < -0.4 is 10.9 Å². The Morgan fingerprint density at radius 1 is 1.45 bits per heavy atom. The molecule has 2 N–H and O–H groups in total. The van der Waals surface area contributed by atoms with E-state index in [2.05, 4.69) is 26.8 Å². The third kappa shape index (κ3) is 3.54. The fraction of sp³-hybridized carbons (Fsp3) is 0.364. The molecule has 1 fully saturated rings. The van der Waals surface area contributed by atoms with Gasteiger partial charge < -0.3 is 9.47 Å². The third-order valence-electron chi connectivity index (χ3n) is 2.70. The summed E-state index contributed by atoms with van der Waals surface area (Å²) in [5.41, 5.74) is 5.02. The second kappa shape index (κ2) is 6.31. The molecule has 1 aromatic heterocycles. The molecule has 3 amide bonds. The Balaban J connectivity index is 1.82. The highest BCUT2D eigenvalue weighted by atomic mass is 79.9. The highest BCUT2D eigenvalue weighted by Gasteiger charge is 2.23. The molecule has 0 spiro atoms. The summed E-state index contributed by atoms with van der Waals surface area (Å²) in [6.45, 7) is 0.499. The van der Waals surface area contributed by atoms with Crippen molar-refractivity contribution >= 4 is 44.7 Å². The van der Waals surface area contributed by atoms with Gasteiger partial charge in [-0.2, -0.15) is 0 Å². The normalized spacial score (nSPS) is 14.5. The first-order chi connectivity index (χ1) is 9.47. The minimum atomic E-state index is -0.428. The van der Waals surface area contributed by atoms with Crippen molar-refractivity contribution in [3.63, 3.8) is 0 Å². The lowest BCUT2D eigenvalue weighted by atomic mass is 10.4. The lowest BCUT2D eigenvalue weighted by Crippen LogP contribution is -2.46. The molecule has 1 aliphatic rings. The largest absolute Gasteiger partial charge is 0.345 e. The van der Waals surface area contributed by atoms with Crippen molar-refractivity contribution in [1.29, 1.82) is 0 Å². The number of rotatable bonds is 3. The first-order valence-electron chi connectivity index (χ1n) is 5.80. The van der Waals surface area contributed by atoms with E-state index in [1.165, 1.54) is 16.7 Å². The third-order valence-corrected chi connectivity index (χ3v) is 4.02. The Bertz CT molecular complexity index is 560. The van der Waals surface area contributed by atoms with Crippen LogP contribution in [0.5, 0.6) is 0 Å². The van der Waals surface area contributed by atoms with Crippen LogP contribution in [0.25, 0.3) is 0 Å². The number of aromatic nitrogens is 1. The zero-order chi connectivity index (χ0) is 14.7. The van der Waals surface area contributed by atoms with Gasteiger partial charge >= 0.3 is 0 Å². The standard InChI is InChI=1S/C11H13BrN4O3S/c1-15-5-7(12)4-8(15)10(18)14-13-9(17)6-16-2-3-20-11(16)19/h4-5H,2-3,6H2,1H3,(H,13,17)(H,14,18). The summed E-state index contributed by atoms with van der Waals surface area (Å²) >= 11 is 4.45. The van der Waals surface area contributed by atoms with Gasteiger partial charge in [-0.1, -0.05) is 11.8 Å². The molecule has 1 aliphatic heterocycles. The molecule has 0 radical (unpaired) electrons. The van der Waals surface area contributed by atoms with E-state index in [9.17, 15) is 14.4 Å². The molecule has 2 rings (SSSR count). The number of hydrogen-bond donors (Lipinski definition) is 2. The molecule has 1 aromatic rings. The number of nitrogens with one attached hydrogen (secondary N) is 2. The average Bonchev–Trinajstić information content (AvgIpc) is 2.93. The van der Waals surface area contributed by atoms with Gasteiger partial charge in [-0.05, 0) is 22.0 Å². The summed E-state index contributed by atoms with van der Waals surface area (Å²) in [4.78, 5) is 36.2. The molecule has 0 atom stereocenters. The highest BCUT2D eigenvalue weighted by molar-refractivity contribution is 9.10. The van der Waals surface area contributed by atoms with Crippen LogP contribution in [0.3, 0.4) is 0 Å². The second-order valence-electron chi connectivity index (χ2n) is 4.19. The predicted molar refractivity (Wildman–Crippen MR) is 78.1 cm³/mol. The summed E-state index contributed by atoms with van der Waals surface area (Å²) < 4.78 is 2.41. The van der Waals surface area contributed by atoms with Gasteiger partial charge in [0.25, 0.3) is 17.1 Å². The number of nitrogens with zero attached hydrogens (tertiary/aromatic N) is 2. The molecule has 1 saturated heterocycles. The maximum Gasteiger partial charge on any atom is 0.286 e. The predicted octanol–water partition coefficient (Wildman–Crippen LogP) is 0.717. The average molecular weight is 361 g/mol. The first-order valence-corrected chi connectivity index (χ1v) is 7.58. The van der Waals surface area contributed by atoms with E-state index in [0.717, 1.165) is 4.47 Å². The molecule has 7 nitrogen and oxygen atoms in total. The Hall–Kier alpha value is -1.48. The van der Waals surface area contributed by atoms with Crippen molar-refractivity contribution in [2.75, 3.05) is 18.8 Å². The van der Waals surface area contributed by atoms with Crippen molar-refractivity contribution < 1.29 is 14.4 Å². The van der Waals surface area contributed by atoms with Gasteiger partial charge in [-0.25, -0.2) is 0 Å². The topological polar surface area (TPSA) is 83.4 Å². The summed E-state index contributed by atoms with van der Waals surface area (Å²) in [5.74, 6) is -0.160. The lowest BCUT2D eigenvalue weighted by molar-refractivity contribution is -0.122. The highest BCUT2D eigenvalue weighted by Crippen LogP contribution is 2.16. The fourth-order valence-electron chi connectivity index (χ4n) is 1.72. The lowest BCUT2D eigenvalue weighted by Gasteiger charge is -2.14. The number of aryl methyl sites for hydroxylation is 1. The molecule has 0 bridgehead atoms. The van der Waals surface area contributed by atoms with E-state index < -0.39 is 11.8 Å². The smallest absolute Gasteiger partial charge is 0.286 e. The summed E-state index contributed by atoms with van der Waals surface area (Å²) in [6.07, 6.45) is 1.73. The Kier molecular flexibility index (Phi) is 4.71. The van der Waals surface area contributed by atoms with Crippen molar-refractivity contribution in [3.05, 3.63) is 22.4 Å². The summed E-state index contributed by atoms with van der Waals surface area (Å²) in [7, 11) is 1.72. The van der Waals surface area contributed by atoms with Crippen LogP contribution in [0.1, 0.15) is 10.5 Å². The van der Waals surface area contributed by atoms with E-state index in [1.807, 2.05) is 0 Å². The van der Waals surface area contributed by atoms with Crippen molar-refractivity contribution in [2.45, 2.75) is 0 Å². The zero-order valence-electron chi connectivity index (χ0n) is 10.7. The molecular weight excluding hydrogens is 348 g/mol. The van der Waals surface area contributed by atoms with Gasteiger partial charge in [-0.3, -0.25) is 25.2 Å². The number of carbonyl (C=O) groups is 3. The summed E-state index contributed by atoms with van der Waals surface area (Å²) in [6, 6.07) is 1.64. The first kappa shape index (κ1) is 14.9. The minimum absolute atomic E-state index is 0.0526. The summed E-state index contributed by atoms with van der Waals surface area (Å²) in [5, 5.41) is -0.113. The number of amides is 3. The van der Waals surface area contributed by atoms with Crippen molar-refractivity contribution in [1.82, 2.24) is 20.3 Å². The SMILES string of the molecule is Cn1cc(Br)cc1C(=O)NNC(=O)CN1CCSC1=O. The molecule has 0 unspecified atom stereocenters. The van der Waals surface area contributed by atoms with Crippen molar-refractivity contribution in [3.8, 4) is 0 Å². The van der Waals surface area contributed by atoms with Gasteiger partial charge in [-0.15, -0.1) is 0 Å². The Morgan fingerprint density at radius 3 is 2.75 bits per heavy atom. The van der Waals surface area contributed by atoms with E-state index in [0.29, 0.717) is 18.0 Å². The molecule has 20 heavy (non-hydrogen) atoms. The van der Waals surface area contributed by atoms with Gasteiger partial charge in [0.05, 0.1) is 0 Å². The number of hydrazine groups is 1. The maximum atomic E-state index is 11.8. The van der Waals surface area contributed by atoms with Gasteiger partial charge in [0.15, 0.2) is 0 Å². The van der Waals surface area contributed by atoms with Crippen LogP contribution in [0.15, 0.2) is 16.7 Å². The molecule has 0 aromatic carbocycles. The maximum absolute atomic E-state index is 11.8. The van der Waals surface area contributed by atoms with Crippen LogP contribution in [0.2, 0.25) is 0 Å². The van der Waals surface area contributed by atoms with Gasteiger partial charge in [0.2, 0.25) is 0 Å². The molecular formula is C11H13BrN4O3S. The van der Waals surface area contributed by atoms with Crippen LogP contribution in [0, 0.1) is 0 Å². The Labute approximate surface area is 128 Å². The van der Waals surface area contributed by atoms with Gasteiger partial charge in [0, 0.05) is 30.0 Å². The molecule has 0 saturated carbocycles. The number of halogens is 1. The van der Waals surface area contributed by atoms with Crippen LogP contribution in [-0.2, 0) is 11.8 Å².